The zero-order valence-electron chi connectivity index (χ0n) is 21.2. The standard InChI is InChI=1S/C25H33ClFN7O3/c1-16-14-32(23-20(26)11-18(13-28-23)24(35)36)7-8-33(16)22-12-21(31-5-3-19(27)4-6-31)29-25(30-22)34-9-10-37-15-17(34)2/h11-13,16-17,19H,3-10,14-15H2,1-2H3,(H,35,36). The lowest BCUT2D eigenvalue weighted by atomic mass is 10.1. The molecule has 2 aromatic rings. The molecule has 2 aromatic heterocycles. The molecule has 12 heteroatoms. The number of carboxylic acids is 1. The fraction of sp³-hybridized carbons (Fsp3) is 0.600. The molecule has 5 rings (SSSR count). The lowest BCUT2D eigenvalue weighted by molar-refractivity contribution is 0.0696. The van der Waals surface area contributed by atoms with Crippen LogP contribution in [0.1, 0.15) is 37.0 Å². The molecule has 0 saturated carbocycles. The summed E-state index contributed by atoms with van der Waals surface area (Å²) in [5.74, 6) is 1.87. The third-order valence-electron chi connectivity index (χ3n) is 7.35. The molecule has 37 heavy (non-hydrogen) atoms. The molecular weight excluding hydrogens is 501 g/mol. The van der Waals surface area contributed by atoms with Crippen LogP contribution in [0.4, 0.5) is 27.8 Å². The van der Waals surface area contributed by atoms with Gasteiger partial charge < -0.3 is 29.4 Å². The van der Waals surface area contributed by atoms with Gasteiger partial charge in [0.1, 0.15) is 23.6 Å². The molecule has 0 aliphatic carbocycles. The number of piperidine rings is 1. The molecule has 0 spiro atoms. The van der Waals surface area contributed by atoms with Crippen LogP contribution in [0.15, 0.2) is 18.3 Å². The Balaban J connectivity index is 1.40. The Morgan fingerprint density at radius 2 is 1.78 bits per heavy atom. The Hall–Kier alpha value is -2.92. The number of hydrogen-bond donors (Lipinski definition) is 1. The zero-order chi connectivity index (χ0) is 26.1. The van der Waals surface area contributed by atoms with Gasteiger partial charge in [0.2, 0.25) is 5.95 Å². The van der Waals surface area contributed by atoms with Crippen molar-refractivity contribution >= 4 is 41.0 Å². The number of carboxylic acid groups (broad SMARTS) is 1. The molecule has 10 nitrogen and oxygen atoms in total. The van der Waals surface area contributed by atoms with Gasteiger partial charge in [-0.25, -0.2) is 14.2 Å². The Morgan fingerprint density at radius 3 is 2.46 bits per heavy atom. The molecule has 0 radical (unpaired) electrons. The number of alkyl halides is 1. The molecule has 0 amide bonds. The van der Waals surface area contributed by atoms with Gasteiger partial charge in [-0.05, 0) is 32.8 Å². The highest BCUT2D eigenvalue weighted by atomic mass is 35.5. The van der Waals surface area contributed by atoms with Crippen LogP contribution in [-0.4, -0.2) is 96.8 Å². The number of carbonyl (C=O) groups is 1. The summed E-state index contributed by atoms with van der Waals surface area (Å²) >= 11 is 6.40. The molecular formula is C25H33ClFN7O3. The number of rotatable bonds is 5. The monoisotopic (exact) mass is 533 g/mol. The van der Waals surface area contributed by atoms with Gasteiger partial charge in [-0.3, -0.25) is 0 Å². The zero-order valence-corrected chi connectivity index (χ0v) is 21.9. The Labute approximate surface area is 221 Å². The number of nitrogens with zero attached hydrogens (tertiary/aromatic N) is 7. The van der Waals surface area contributed by atoms with Crippen molar-refractivity contribution in [3.63, 3.8) is 0 Å². The molecule has 3 saturated heterocycles. The van der Waals surface area contributed by atoms with Crippen molar-refractivity contribution in [3.05, 3.63) is 28.9 Å². The topological polar surface area (TPSA) is 98.2 Å². The summed E-state index contributed by atoms with van der Waals surface area (Å²) in [6, 6.07) is 3.70. The first kappa shape index (κ1) is 25.7. The molecule has 3 aliphatic heterocycles. The van der Waals surface area contributed by atoms with Crippen molar-refractivity contribution in [2.24, 2.45) is 0 Å². The summed E-state index contributed by atoms with van der Waals surface area (Å²) in [4.78, 5) is 34.2. The molecule has 0 aromatic carbocycles. The smallest absolute Gasteiger partial charge is 0.337 e. The molecule has 5 heterocycles. The van der Waals surface area contributed by atoms with Gasteiger partial charge in [-0.1, -0.05) is 11.6 Å². The molecule has 200 valence electrons. The molecule has 3 fully saturated rings. The Morgan fingerprint density at radius 1 is 1.03 bits per heavy atom. The van der Waals surface area contributed by atoms with Crippen LogP contribution in [0.2, 0.25) is 5.02 Å². The van der Waals surface area contributed by atoms with E-state index in [1.54, 1.807) is 0 Å². The highest BCUT2D eigenvalue weighted by Crippen LogP contribution is 2.31. The maximum atomic E-state index is 13.8. The average Bonchev–Trinajstić information content (AvgIpc) is 2.89. The molecule has 0 bridgehead atoms. The van der Waals surface area contributed by atoms with E-state index in [2.05, 4.69) is 38.4 Å². The summed E-state index contributed by atoms with van der Waals surface area (Å²) in [6.07, 6.45) is 1.60. The number of aromatic nitrogens is 3. The summed E-state index contributed by atoms with van der Waals surface area (Å²) in [6.45, 7) is 9.46. The van der Waals surface area contributed by atoms with Gasteiger partial charge in [-0.2, -0.15) is 9.97 Å². The van der Waals surface area contributed by atoms with Gasteiger partial charge in [0.25, 0.3) is 0 Å². The first-order chi connectivity index (χ1) is 17.8. The van der Waals surface area contributed by atoms with Crippen molar-refractivity contribution in [2.45, 2.75) is 44.9 Å². The molecule has 3 aliphatic rings. The van der Waals surface area contributed by atoms with E-state index in [9.17, 15) is 14.3 Å². The Bertz CT molecular complexity index is 1130. The van der Waals surface area contributed by atoms with Crippen molar-refractivity contribution < 1.29 is 19.0 Å². The number of anilines is 4. The third kappa shape index (κ3) is 5.52. The van der Waals surface area contributed by atoms with Gasteiger partial charge in [0, 0.05) is 57.6 Å². The highest BCUT2D eigenvalue weighted by molar-refractivity contribution is 6.33. The van der Waals surface area contributed by atoms with Crippen LogP contribution in [-0.2, 0) is 4.74 Å². The van der Waals surface area contributed by atoms with Crippen molar-refractivity contribution in [1.82, 2.24) is 15.0 Å². The van der Waals surface area contributed by atoms with Crippen LogP contribution in [0.5, 0.6) is 0 Å². The van der Waals surface area contributed by atoms with Crippen molar-refractivity contribution in [3.8, 4) is 0 Å². The van der Waals surface area contributed by atoms with Crippen molar-refractivity contribution in [1.29, 1.82) is 0 Å². The summed E-state index contributed by atoms with van der Waals surface area (Å²) in [5.41, 5.74) is 0.0654. The van der Waals surface area contributed by atoms with Crippen molar-refractivity contribution in [2.75, 3.05) is 72.1 Å². The van der Waals surface area contributed by atoms with E-state index in [1.807, 2.05) is 6.07 Å². The lowest BCUT2D eigenvalue weighted by Crippen LogP contribution is -2.53. The SMILES string of the molecule is CC1CN(c2ncc(C(=O)O)cc2Cl)CCN1c1cc(N2CCC(F)CC2)nc(N2CCOCC2C)n1. The fourth-order valence-corrected chi connectivity index (χ4v) is 5.51. The first-order valence-electron chi connectivity index (χ1n) is 12.8. The number of aromatic carboxylic acids is 1. The minimum atomic E-state index is -1.06. The number of ether oxygens (including phenoxy) is 1. The van der Waals surface area contributed by atoms with E-state index in [0.717, 1.165) is 18.2 Å². The van der Waals surface area contributed by atoms with E-state index >= 15 is 0 Å². The minimum Gasteiger partial charge on any atom is -0.478 e. The van der Waals surface area contributed by atoms with Gasteiger partial charge in [0.15, 0.2) is 0 Å². The van der Waals surface area contributed by atoms with Gasteiger partial charge >= 0.3 is 5.97 Å². The lowest BCUT2D eigenvalue weighted by Gasteiger charge is -2.42. The summed E-state index contributed by atoms with van der Waals surface area (Å²) in [7, 11) is 0. The fourth-order valence-electron chi connectivity index (χ4n) is 5.22. The van der Waals surface area contributed by atoms with Crippen LogP contribution in [0.3, 0.4) is 0 Å². The van der Waals surface area contributed by atoms with Crippen LogP contribution in [0.25, 0.3) is 0 Å². The van der Waals surface area contributed by atoms with Crippen LogP contribution in [0, 0.1) is 0 Å². The maximum Gasteiger partial charge on any atom is 0.337 e. The maximum absolute atomic E-state index is 13.8. The number of piperazine rings is 1. The second kappa shape index (κ2) is 10.8. The quantitative estimate of drug-likeness (QED) is 0.617. The van der Waals surface area contributed by atoms with Gasteiger partial charge in [-0.15, -0.1) is 0 Å². The second-order valence-electron chi connectivity index (χ2n) is 9.99. The number of pyridine rings is 1. The van der Waals surface area contributed by atoms with E-state index in [0.29, 0.717) is 75.6 Å². The highest BCUT2D eigenvalue weighted by Gasteiger charge is 2.30. The van der Waals surface area contributed by atoms with Crippen LogP contribution >= 0.6 is 11.6 Å². The van der Waals surface area contributed by atoms with Crippen LogP contribution < -0.4 is 19.6 Å². The average molecular weight is 534 g/mol. The second-order valence-corrected chi connectivity index (χ2v) is 10.4. The van der Waals surface area contributed by atoms with E-state index in [-0.39, 0.29) is 17.6 Å². The predicted molar refractivity (Wildman–Crippen MR) is 141 cm³/mol. The first-order valence-corrected chi connectivity index (χ1v) is 13.2. The number of hydrogen-bond acceptors (Lipinski definition) is 9. The van der Waals surface area contributed by atoms with E-state index < -0.39 is 12.1 Å². The van der Waals surface area contributed by atoms with Gasteiger partial charge in [0.05, 0.1) is 29.8 Å². The molecule has 2 atom stereocenters. The minimum absolute atomic E-state index is 0.0654. The molecule has 2 unspecified atom stereocenters. The predicted octanol–water partition coefficient (Wildman–Crippen LogP) is 3.10. The number of morpholine rings is 1. The summed E-state index contributed by atoms with van der Waals surface area (Å²) in [5, 5.41) is 9.54. The summed E-state index contributed by atoms with van der Waals surface area (Å²) < 4.78 is 19.5. The third-order valence-corrected chi connectivity index (χ3v) is 7.63. The Kier molecular flexibility index (Phi) is 7.52. The largest absolute Gasteiger partial charge is 0.478 e. The van der Waals surface area contributed by atoms with E-state index in [1.165, 1.54) is 12.3 Å². The molecule has 1 N–H and O–H groups in total. The number of halogens is 2. The van der Waals surface area contributed by atoms with E-state index in [4.69, 9.17) is 26.3 Å². The normalized spacial score (nSPS) is 23.5.